The largest absolute Gasteiger partial charge is 0.534 e. The number of ether oxygens (including phenoxy) is 1. The van der Waals surface area contributed by atoms with Crippen LogP contribution in [0.1, 0.15) is 42.0 Å². The van der Waals surface area contributed by atoms with E-state index in [1.54, 1.807) is 0 Å². The lowest BCUT2D eigenvalue weighted by Crippen LogP contribution is -2.48. The molecule has 200 valence electrons. The molecule has 0 radical (unpaired) electrons. The molecule has 1 aliphatic heterocycles. The van der Waals surface area contributed by atoms with Crippen LogP contribution in [0.3, 0.4) is 0 Å². The molecule has 0 spiro atoms. The molecule has 1 aromatic carbocycles. The summed E-state index contributed by atoms with van der Waals surface area (Å²) in [5, 5.41) is 3.54. The second kappa shape index (κ2) is 9.95. The topological polar surface area (TPSA) is 90.7 Å². The van der Waals surface area contributed by atoms with Gasteiger partial charge in [-0.1, -0.05) is 11.6 Å². The number of hydrogen-bond donors (Lipinski definition) is 0. The molecule has 1 atom stereocenters. The van der Waals surface area contributed by atoms with Gasteiger partial charge in [-0.2, -0.15) is 26.7 Å². The third kappa shape index (κ3) is 5.96. The lowest BCUT2D eigenvalue weighted by molar-refractivity contribution is -0.0501. The monoisotopic (exact) mass is 567 g/mol. The van der Waals surface area contributed by atoms with Crippen molar-refractivity contribution in [3.05, 3.63) is 40.7 Å². The smallest absolute Gasteiger partial charge is 0.461 e. The van der Waals surface area contributed by atoms with Crippen molar-refractivity contribution in [1.82, 2.24) is 9.78 Å². The molecule has 3 rings (SSSR count). The van der Waals surface area contributed by atoms with Crippen LogP contribution in [0.25, 0.3) is 0 Å². The summed E-state index contributed by atoms with van der Waals surface area (Å²) >= 11 is 5.85. The normalized spacial score (nSPS) is 18.4. The molecule has 0 N–H and O–H groups in total. The van der Waals surface area contributed by atoms with Gasteiger partial charge in [0.1, 0.15) is 5.69 Å². The molecule has 17 heteroatoms. The van der Waals surface area contributed by atoms with E-state index in [4.69, 9.17) is 16.3 Å². The molecule has 0 aliphatic carbocycles. The van der Waals surface area contributed by atoms with E-state index in [1.807, 2.05) is 0 Å². The summed E-state index contributed by atoms with van der Waals surface area (Å²) in [5.74, 6) is -5.64. The Morgan fingerprint density at radius 2 is 1.94 bits per heavy atom. The molecule has 8 nitrogen and oxygen atoms in total. The lowest BCUT2D eigenvalue weighted by Gasteiger charge is -2.39. The number of nitrogens with zero attached hydrogens (tertiary/aromatic N) is 3. The standard InChI is InChI=1S/C19H17ClF7N3O5S/c1-2-34-17(31)12-6-14(16(21)22)30(28-12)11-7-18(23,24)9-29(8-11)13-5-10(20)3-4-15(13)35-36(32,33)19(25,26)27/h3-6,11,16H,2,7-9H2,1H3. The number of esters is 1. The fraction of sp³-hybridized carbons (Fsp3) is 0.474. The molecule has 0 bridgehead atoms. The van der Waals surface area contributed by atoms with Crippen molar-refractivity contribution in [3.63, 3.8) is 0 Å². The van der Waals surface area contributed by atoms with Crippen molar-refractivity contribution in [2.45, 2.75) is 37.2 Å². The average Bonchev–Trinajstić information content (AvgIpc) is 3.19. The maximum absolute atomic E-state index is 14.7. The second-order valence-corrected chi connectivity index (χ2v) is 9.58. The predicted octanol–water partition coefficient (Wildman–Crippen LogP) is 4.97. The number of hydrogen-bond acceptors (Lipinski definition) is 7. The fourth-order valence-corrected chi connectivity index (χ4v) is 4.20. The van der Waals surface area contributed by atoms with E-state index >= 15 is 0 Å². The Morgan fingerprint density at radius 1 is 1.28 bits per heavy atom. The number of alkyl halides is 7. The molecular weight excluding hydrogens is 551 g/mol. The van der Waals surface area contributed by atoms with Crippen LogP contribution >= 0.6 is 11.6 Å². The third-order valence-electron chi connectivity index (χ3n) is 4.95. The van der Waals surface area contributed by atoms with E-state index in [2.05, 4.69) is 9.28 Å². The summed E-state index contributed by atoms with van der Waals surface area (Å²) in [6.07, 6.45) is -4.25. The molecule has 1 aromatic heterocycles. The molecule has 1 aliphatic rings. The van der Waals surface area contributed by atoms with Crippen molar-refractivity contribution in [1.29, 1.82) is 0 Å². The van der Waals surface area contributed by atoms with E-state index in [9.17, 15) is 43.9 Å². The van der Waals surface area contributed by atoms with Gasteiger partial charge in [0.2, 0.25) is 0 Å². The summed E-state index contributed by atoms with van der Waals surface area (Å²) in [5.41, 5.74) is -7.81. The molecular formula is C19H17ClF7N3O5S. The number of carbonyl (C=O) groups excluding carboxylic acids is 1. The number of aromatic nitrogens is 2. The van der Waals surface area contributed by atoms with Gasteiger partial charge in [-0.3, -0.25) is 4.68 Å². The van der Waals surface area contributed by atoms with Crippen LogP contribution in [0.4, 0.5) is 36.4 Å². The minimum absolute atomic E-state index is 0.108. The van der Waals surface area contributed by atoms with E-state index in [1.165, 1.54) is 6.92 Å². The Morgan fingerprint density at radius 3 is 2.53 bits per heavy atom. The van der Waals surface area contributed by atoms with Crippen molar-refractivity contribution in [2.75, 3.05) is 24.6 Å². The zero-order chi connectivity index (χ0) is 27.1. The molecule has 2 heterocycles. The maximum atomic E-state index is 14.7. The third-order valence-corrected chi connectivity index (χ3v) is 6.15. The maximum Gasteiger partial charge on any atom is 0.534 e. The molecule has 0 amide bonds. The highest BCUT2D eigenvalue weighted by Crippen LogP contribution is 2.42. The lowest BCUT2D eigenvalue weighted by atomic mass is 10.0. The molecule has 2 aromatic rings. The van der Waals surface area contributed by atoms with Crippen molar-refractivity contribution >= 4 is 33.4 Å². The highest BCUT2D eigenvalue weighted by Gasteiger charge is 2.49. The predicted molar refractivity (Wildman–Crippen MR) is 111 cm³/mol. The Kier molecular flexibility index (Phi) is 7.70. The van der Waals surface area contributed by atoms with Gasteiger partial charge in [-0.25, -0.2) is 22.4 Å². The zero-order valence-electron chi connectivity index (χ0n) is 18.1. The Hall–Kier alpha value is -2.75. The summed E-state index contributed by atoms with van der Waals surface area (Å²) in [6.45, 7) is -0.347. The number of benzene rings is 1. The number of rotatable bonds is 7. The number of halogens is 8. The molecule has 1 fully saturated rings. The van der Waals surface area contributed by atoms with Crippen LogP contribution < -0.4 is 9.08 Å². The Labute approximate surface area is 204 Å². The first-order valence-electron chi connectivity index (χ1n) is 10.0. The van der Waals surface area contributed by atoms with E-state index in [0.717, 1.165) is 23.1 Å². The van der Waals surface area contributed by atoms with E-state index in [-0.39, 0.29) is 11.6 Å². The highest BCUT2D eigenvalue weighted by molar-refractivity contribution is 7.88. The Bertz CT molecular complexity index is 1240. The molecule has 36 heavy (non-hydrogen) atoms. The van der Waals surface area contributed by atoms with Crippen LogP contribution in [-0.4, -0.2) is 55.3 Å². The minimum atomic E-state index is -6.17. The van der Waals surface area contributed by atoms with Crippen LogP contribution in [0.5, 0.6) is 5.75 Å². The number of anilines is 1. The first-order chi connectivity index (χ1) is 16.5. The molecule has 1 saturated heterocycles. The van der Waals surface area contributed by atoms with Crippen LogP contribution in [0.15, 0.2) is 24.3 Å². The summed E-state index contributed by atoms with van der Waals surface area (Å²) in [7, 11) is -6.17. The van der Waals surface area contributed by atoms with Gasteiger partial charge in [0.05, 0.1) is 24.9 Å². The zero-order valence-corrected chi connectivity index (χ0v) is 19.7. The number of piperidine rings is 1. The van der Waals surface area contributed by atoms with Gasteiger partial charge in [0, 0.05) is 24.1 Å². The van der Waals surface area contributed by atoms with Gasteiger partial charge < -0.3 is 13.8 Å². The highest BCUT2D eigenvalue weighted by atomic mass is 35.5. The minimum Gasteiger partial charge on any atom is -0.461 e. The van der Waals surface area contributed by atoms with Crippen LogP contribution in [-0.2, 0) is 14.9 Å². The van der Waals surface area contributed by atoms with E-state index in [0.29, 0.717) is 10.7 Å². The first-order valence-corrected chi connectivity index (χ1v) is 11.8. The van der Waals surface area contributed by atoms with Crippen LogP contribution in [0.2, 0.25) is 5.02 Å². The Balaban J connectivity index is 2.04. The summed E-state index contributed by atoms with van der Waals surface area (Å²) in [4.78, 5) is 12.7. The number of carbonyl (C=O) groups is 1. The fourth-order valence-electron chi connectivity index (χ4n) is 3.56. The van der Waals surface area contributed by atoms with Gasteiger partial charge >= 0.3 is 21.6 Å². The van der Waals surface area contributed by atoms with Gasteiger partial charge in [-0.15, -0.1) is 0 Å². The SMILES string of the molecule is CCOC(=O)c1cc(C(F)F)n(C2CN(c3cc(Cl)ccc3OS(=O)(=O)C(F)(F)F)CC(F)(F)C2)n1. The summed E-state index contributed by atoms with van der Waals surface area (Å²) in [6, 6.07) is 1.76. The quantitative estimate of drug-likeness (QED) is 0.202. The molecule has 0 saturated carbocycles. The van der Waals surface area contributed by atoms with Crippen molar-refractivity contribution < 1.29 is 52.9 Å². The van der Waals surface area contributed by atoms with Crippen LogP contribution in [0, 0.1) is 0 Å². The first kappa shape index (κ1) is 27.8. The average molecular weight is 568 g/mol. The molecule has 1 unspecified atom stereocenters. The van der Waals surface area contributed by atoms with E-state index < -0.39 is 82.3 Å². The van der Waals surface area contributed by atoms with Gasteiger partial charge in [-0.05, 0) is 25.1 Å². The van der Waals surface area contributed by atoms with Crippen molar-refractivity contribution in [3.8, 4) is 5.75 Å². The van der Waals surface area contributed by atoms with Gasteiger partial charge in [0.15, 0.2) is 11.4 Å². The van der Waals surface area contributed by atoms with Crippen molar-refractivity contribution in [2.24, 2.45) is 0 Å². The second-order valence-electron chi connectivity index (χ2n) is 7.61. The van der Waals surface area contributed by atoms with Gasteiger partial charge in [0.25, 0.3) is 12.3 Å². The summed E-state index contributed by atoms with van der Waals surface area (Å²) < 4.78 is 128.